The number of nitrogens with two attached hydrogens (primary N) is 1. The van der Waals surface area contributed by atoms with Gasteiger partial charge in [-0.1, -0.05) is 26.0 Å². The number of ether oxygens (including phenoxy) is 1. The van der Waals surface area contributed by atoms with E-state index in [2.05, 4.69) is 15.1 Å². The number of aromatic amines is 1. The number of anilines is 2. The van der Waals surface area contributed by atoms with E-state index in [1.54, 1.807) is 30.3 Å². The van der Waals surface area contributed by atoms with Gasteiger partial charge in [0.15, 0.2) is 5.69 Å². The molecule has 176 valence electrons. The van der Waals surface area contributed by atoms with Gasteiger partial charge in [0.2, 0.25) is 0 Å². The summed E-state index contributed by atoms with van der Waals surface area (Å²) < 4.78 is 8.08. The molecule has 0 saturated heterocycles. The van der Waals surface area contributed by atoms with Crippen LogP contribution >= 0.6 is 0 Å². The molecular formula is C22H29N7O4. The minimum atomic E-state index is -0.703. The van der Waals surface area contributed by atoms with Crippen LogP contribution in [0.2, 0.25) is 0 Å². The van der Waals surface area contributed by atoms with Crippen LogP contribution in [0, 0.1) is 5.92 Å². The first-order chi connectivity index (χ1) is 15.8. The molecule has 3 N–H and O–H groups in total. The van der Waals surface area contributed by atoms with Gasteiger partial charge in [-0.15, -0.1) is 0 Å². The molecule has 11 nitrogen and oxygen atoms in total. The van der Waals surface area contributed by atoms with Crippen LogP contribution in [-0.4, -0.2) is 50.5 Å². The number of methoxy groups -OCH3 is 1. The van der Waals surface area contributed by atoms with Crippen LogP contribution in [0.15, 0.2) is 46.5 Å². The molecule has 1 aromatic carbocycles. The quantitative estimate of drug-likeness (QED) is 0.436. The van der Waals surface area contributed by atoms with Crippen molar-refractivity contribution in [2.24, 2.45) is 5.92 Å². The molecule has 0 unspecified atom stereocenters. The summed E-state index contributed by atoms with van der Waals surface area (Å²) in [6.07, 6.45) is 3.54. The molecule has 0 radical (unpaired) electrons. The highest BCUT2D eigenvalue weighted by Gasteiger charge is 2.25. The number of benzene rings is 1. The summed E-state index contributed by atoms with van der Waals surface area (Å²) in [7, 11) is 1.56. The summed E-state index contributed by atoms with van der Waals surface area (Å²) in [4.78, 5) is 46.1. The third-order valence-electron chi connectivity index (χ3n) is 5.02. The van der Waals surface area contributed by atoms with Gasteiger partial charge in [-0.05, 0) is 30.0 Å². The molecule has 33 heavy (non-hydrogen) atoms. The molecule has 0 saturated carbocycles. The lowest BCUT2D eigenvalue weighted by molar-refractivity contribution is 0.0983. The second kappa shape index (κ2) is 10.7. The lowest BCUT2D eigenvalue weighted by atomic mass is 10.1. The number of carbonyl (C=O) groups excluding carboxylic acids is 1. The highest BCUT2D eigenvalue weighted by atomic mass is 16.5. The molecule has 3 aromatic rings. The number of nitrogen functional groups attached to an aromatic ring is 1. The summed E-state index contributed by atoms with van der Waals surface area (Å²) in [5, 5.41) is 4.07. The molecular weight excluding hydrogens is 426 g/mol. The van der Waals surface area contributed by atoms with Crippen LogP contribution in [0.1, 0.15) is 36.2 Å². The monoisotopic (exact) mass is 455 g/mol. The number of hydrogen-bond donors (Lipinski definition) is 2. The highest BCUT2D eigenvalue weighted by molar-refractivity contribution is 6.07. The molecule has 0 atom stereocenters. The number of nitrogens with one attached hydrogen (secondary N) is 1. The number of aromatic nitrogens is 5. The van der Waals surface area contributed by atoms with Gasteiger partial charge in [0.25, 0.3) is 11.5 Å². The smallest absolute Gasteiger partial charge is 0.330 e. The van der Waals surface area contributed by atoms with E-state index in [1.807, 2.05) is 26.0 Å². The molecule has 0 aliphatic rings. The number of hydrogen-bond acceptors (Lipinski definition) is 7. The zero-order valence-corrected chi connectivity index (χ0v) is 19.0. The van der Waals surface area contributed by atoms with E-state index in [0.29, 0.717) is 31.7 Å². The maximum atomic E-state index is 13.5. The number of rotatable bonds is 10. The molecule has 2 aromatic heterocycles. The fraction of sp³-hybridized carbons (Fsp3) is 0.409. The zero-order chi connectivity index (χ0) is 24.0. The van der Waals surface area contributed by atoms with Gasteiger partial charge in [-0.3, -0.25) is 19.1 Å². The van der Waals surface area contributed by atoms with Crippen molar-refractivity contribution >= 4 is 17.4 Å². The van der Waals surface area contributed by atoms with Crippen molar-refractivity contribution in [3.05, 3.63) is 68.9 Å². The van der Waals surface area contributed by atoms with E-state index in [0.717, 1.165) is 5.56 Å². The van der Waals surface area contributed by atoms with Crippen LogP contribution in [0.4, 0.5) is 11.5 Å². The van der Waals surface area contributed by atoms with Gasteiger partial charge < -0.3 is 15.4 Å². The maximum absolute atomic E-state index is 13.5. The summed E-state index contributed by atoms with van der Waals surface area (Å²) in [5.74, 6) is -0.324. The molecule has 0 bridgehead atoms. The average Bonchev–Trinajstić information content (AvgIpc) is 3.28. The van der Waals surface area contributed by atoms with Crippen LogP contribution in [0.25, 0.3) is 0 Å². The van der Waals surface area contributed by atoms with Crippen LogP contribution in [-0.2, 0) is 17.8 Å². The Morgan fingerprint density at radius 2 is 1.97 bits per heavy atom. The Labute approximate surface area is 190 Å². The Balaban J connectivity index is 1.96. The SMILES string of the molecule is COCCCN(C(=O)c1ccc(Cn2cncn2)cc1)c1c(N)n(CC(C)C)c(=O)[nH]c1=O. The van der Waals surface area contributed by atoms with Crippen LogP contribution in [0.5, 0.6) is 0 Å². The standard InChI is InChI=1S/C22H29N7O4/c1-15(2)11-29-19(23)18(20(30)26-22(29)32)28(9-4-10-33-3)21(31)17-7-5-16(6-8-17)12-27-14-24-13-25-27/h5-8,13-15H,4,9-12,23H2,1-3H3,(H,26,30,32). The highest BCUT2D eigenvalue weighted by Crippen LogP contribution is 2.21. The fourth-order valence-corrected chi connectivity index (χ4v) is 3.48. The largest absolute Gasteiger partial charge is 0.385 e. The van der Waals surface area contributed by atoms with E-state index in [9.17, 15) is 14.4 Å². The third kappa shape index (κ3) is 5.75. The summed E-state index contributed by atoms with van der Waals surface area (Å²) in [5.41, 5.74) is 6.23. The van der Waals surface area contributed by atoms with Gasteiger partial charge >= 0.3 is 5.69 Å². The number of amides is 1. The molecule has 0 aliphatic heterocycles. The topological polar surface area (TPSA) is 141 Å². The van der Waals surface area contributed by atoms with Crippen molar-refractivity contribution in [2.75, 3.05) is 30.9 Å². The molecule has 2 heterocycles. The lowest BCUT2D eigenvalue weighted by Crippen LogP contribution is -2.42. The van der Waals surface area contributed by atoms with Crippen LogP contribution in [0.3, 0.4) is 0 Å². The zero-order valence-electron chi connectivity index (χ0n) is 19.0. The van der Waals surface area contributed by atoms with Crippen molar-refractivity contribution in [1.29, 1.82) is 0 Å². The van der Waals surface area contributed by atoms with E-state index in [1.165, 1.54) is 15.8 Å². The predicted molar refractivity (Wildman–Crippen MR) is 124 cm³/mol. The minimum Gasteiger partial charge on any atom is -0.385 e. The molecule has 3 rings (SSSR count). The van der Waals surface area contributed by atoms with Crippen LogP contribution < -0.4 is 21.9 Å². The lowest BCUT2D eigenvalue weighted by Gasteiger charge is -2.25. The summed E-state index contributed by atoms with van der Waals surface area (Å²) in [6.45, 7) is 5.27. The van der Waals surface area contributed by atoms with Crippen molar-refractivity contribution < 1.29 is 9.53 Å². The average molecular weight is 456 g/mol. The first kappa shape index (κ1) is 23.9. The Morgan fingerprint density at radius 3 is 2.58 bits per heavy atom. The number of H-pyrrole nitrogens is 1. The minimum absolute atomic E-state index is 0.0361. The van der Waals surface area contributed by atoms with Gasteiger partial charge in [0, 0.05) is 32.4 Å². The third-order valence-corrected chi connectivity index (χ3v) is 5.02. The first-order valence-electron chi connectivity index (χ1n) is 10.7. The van der Waals surface area contributed by atoms with E-state index < -0.39 is 17.2 Å². The van der Waals surface area contributed by atoms with Crippen molar-refractivity contribution in [3.63, 3.8) is 0 Å². The Hall–Kier alpha value is -3.73. The second-order valence-electron chi connectivity index (χ2n) is 8.09. The molecule has 0 aliphatic carbocycles. The normalized spacial score (nSPS) is 11.2. The van der Waals surface area contributed by atoms with Crippen molar-refractivity contribution in [1.82, 2.24) is 24.3 Å². The predicted octanol–water partition coefficient (Wildman–Crippen LogP) is 1.10. The van der Waals surface area contributed by atoms with Gasteiger partial charge in [0.1, 0.15) is 18.5 Å². The molecule has 1 amide bonds. The number of nitrogens with zero attached hydrogens (tertiary/aromatic N) is 5. The fourth-order valence-electron chi connectivity index (χ4n) is 3.48. The van der Waals surface area contributed by atoms with Crippen molar-refractivity contribution in [2.45, 2.75) is 33.4 Å². The number of carbonyl (C=O) groups is 1. The second-order valence-corrected chi connectivity index (χ2v) is 8.09. The Morgan fingerprint density at radius 1 is 1.24 bits per heavy atom. The van der Waals surface area contributed by atoms with Crippen molar-refractivity contribution in [3.8, 4) is 0 Å². The molecule has 0 spiro atoms. The van der Waals surface area contributed by atoms with Gasteiger partial charge in [0.05, 0.1) is 6.54 Å². The Kier molecular flexibility index (Phi) is 7.78. The van der Waals surface area contributed by atoms with Gasteiger partial charge in [-0.2, -0.15) is 5.10 Å². The maximum Gasteiger partial charge on any atom is 0.330 e. The van der Waals surface area contributed by atoms with E-state index in [-0.39, 0.29) is 24.0 Å². The molecule has 11 heteroatoms. The first-order valence-corrected chi connectivity index (χ1v) is 10.7. The molecule has 0 fully saturated rings. The Bertz CT molecular complexity index is 1180. The van der Waals surface area contributed by atoms with E-state index >= 15 is 0 Å². The van der Waals surface area contributed by atoms with Gasteiger partial charge in [-0.25, -0.2) is 14.5 Å². The summed E-state index contributed by atoms with van der Waals surface area (Å²) in [6, 6.07) is 7.00. The summed E-state index contributed by atoms with van der Waals surface area (Å²) >= 11 is 0. The van der Waals surface area contributed by atoms with E-state index in [4.69, 9.17) is 10.5 Å².